The first-order valence-corrected chi connectivity index (χ1v) is 11.7. The van der Waals surface area contributed by atoms with Crippen LogP contribution in [0.15, 0.2) is 48.4 Å². The van der Waals surface area contributed by atoms with Gasteiger partial charge in [-0.25, -0.2) is 9.78 Å². The molecule has 0 fully saturated rings. The average molecular weight is 479 g/mol. The van der Waals surface area contributed by atoms with E-state index < -0.39 is 17.5 Å². The van der Waals surface area contributed by atoms with Crippen LogP contribution >= 0.6 is 0 Å². The zero-order valence-corrected chi connectivity index (χ0v) is 20.5. The van der Waals surface area contributed by atoms with Crippen LogP contribution in [0.3, 0.4) is 0 Å². The van der Waals surface area contributed by atoms with Gasteiger partial charge in [0.2, 0.25) is 11.6 Å². The Bertz CT molecular complexity index is 1310. The molecule has 0 radical (unpaired) electrons. The minimum absolute atomic E-state index is 0.00403. The molecule has 0 aliphatic carbocycles. The quantitative estimate of drug-likeness (QED) is 0.505. The number of hydrogen-bond donors (Lipinski definition) is 1. The first kappa shape index (κ1) is 24.4. The lowest BCUT2D eigenvalue weighted by molar-refractivity contribution is 0.0544. The maximum atomic E-state index is 13.7. The van der Waals surface area contributed by atoms with Gasteiger partial charge in [0.15, 0.2) is 5.82 Å². The number of aromatic nitrogens is 3. The molecular weight excluding hydrogens is 448 g/mol. The van der Waals surface area contributed by atoms with Crippen LogP contribution in [0.5, 0.6) is 0 Å². The molecule has 1 aliphatic heterocycles. The summed E-state index contributed by atoms with van der Waals surface area (Å²) < 4.78 is 13.9. The van der Waals surface area contributed by atoms with Gasteiger partial charge in [-0.3, -0.25) is 18.7 Å². The zero-order valence-electron chi connectivity index (χ0n) is 20.5. The summed E-state index contributed by atoms with van der Waals surface area (Å²) in [6.45, 7) is 8.41. The van der Waals surface area contributed by atoms with E-state index in [0.29, 0.717) is 29.5 Å². The van der Waals surface area contributed by atoms with E-state index >= 15 is 0 Å². The molecule has 1 N–H and O–H groups in total. The molecule has 35 heavy (non-hydrogen) atoms. The van der Waals surface area contributed by atoms with Crippen LogP contribution in [-0.4, -0.2) is 50.5 Å². The molecule has 9 nitrogen and oxygen atoms in total. The van der Waals surface area contributed by atoms with Crippen molar-refractivity contribution in [3.05, 3.63) is 65.5 Å². The lowest BCUT2D eigenvalue weighted by Crippen LogP contribution is -2.26. The highest BCUT2D eigenvalue weighted by Crippen LogP contribution is 2.26. The molecule has 4 rings (SSSR count). The number of carbonyl (C=O) groups is 3. The van der Waals surface area contributed by atoms with Crippen molar-refractivity contribution < 1.29 is 23.9 Å². The summed E-state index contributed by atoms with van der Waals surface area (Å²) in [6, 6.07) is 7.10. The smallest absolute Gasteiger partial charge is 0.419 e. The second-order valence-corrected chi connectivity index (χ2v) is 9.31. The van der Waals surface area contributed by atoms with Crippen molar-refractivity contribution in [2.75, 3.05) is 13.2 Å². The number of Topliss-reactive ketones (excluding diaryl/α,β-unsaturated/α-hetero) is 1. The van der Waals surface area contributed by atoms with E-state index in [0.717, 1.165) is 13.0 Å². The average Bonchev–Trinajstić information content (AvgIpc) is 3.43. The number of ether oxygens (including phenoxy) is 2. The van der Waals surface area contributed by atoms with Gasteiger partial charge in [-0.15, -0.1) is 0 Å². The van der Waals surface area contributed by atoms with Crippen LogP contribution in [0.1, 0.15) is 67.2 Å². The lowest BCUT2D eigenvalue weighted by Gasteiger charge is -2.19. The topological polar surface area (TPSA) is 104 Å². The fraction of sp³-hybridized carbons (Fsp3) is 0.385. The van der Waals surface area contributed by atoms with Crippen molar-refractivity contribution in [2.24, 2.45) is 0 Å². The van der Waals surface area contributed by atoms with Crippen molar-refractivity contribution in [2.45, 2.75) is 52.9 Å². The molecule has 3 heterocycles. The Hall–Kier alpha value is -3.72. The maximum absolute atomic E-state index is 13.7. The number of hydrogen-bond acceptors (Lipinski definition) is 7. The second kappa shape index (κ2) is 9.87. The predicted molar refractivity (Wildman–Crippen MR) is 131 cm³/mol. The molecule has 184 valence electrons. The van der Waals surface area contributed by atoms with E-state index in [-0.39, 0.29) is 29.6 Å². The van der Waals surface area contributed by atoms with E-state index in [9.17, 15) is 14.4 Å². The van der Waals surface area contributed by atoms with Crippen molar-refractivity contribution >= 4 is 28.6 Å². The molecule has 2 aromatic heterocycles. The molecule has 0 spiro atoms. The molecule has 1 aromatic carbocycles. The van der Waals surface area contributed by atoms with Crippen LogP contribution in [0.2, 0.25) is 0 Å². The maximum Gasteiger partial charge on any atom is 0.419 e. The zero-order chi connectivity index (χ0) is 25.2. The van der Waals surface area contributed by atoms with Gasteiger partial charge >= 0.3 is 6.09 Å². The molecule has 0 atom stereocenters. The lowest BCUT2D eigenvalue weighted by atomic mass is 10.0. The summed E-state index contributed by atoms with van der Waals surface area (Å²) in [6.07, 6.45) is 5.52. The first-order valence-electron chi connectivity index (χ1n) is 11.7. The van der Waals surface area contributed by atoms with Crippen molar-refractivity contribution in [3.63, 3.8) is 0 Å². The number of nitrogens with zero attached hydrogens (tertiary/aromatic N) is 3. The Kier molecular flexibility index (Phi) is 6.88. The fourth-order valence-corrected chi connectivity index (χ4v) is 3.99. The fourth-order valence-electron chi connectivity index (χ4n) is 3.99. The number of rotatable bonds is 7. The summed E-state index contributed by atoms with van der Waals surface area (Å²) in [4.78, 5) is 44.1. The van der Waals surface area contributed by atoms with E-state index in [4.69, 9.17) is 9.47 Å². The Morgan fingerprint density at radius 1 is 1.14 bits per heavy atom. The number of allylic oxidation sites excluding steroid dienone is 1. The minimum Gasteiger partial charge on any atom is -0.443 e. The molecule has 9 heteroatoms. The second-order valence-electron chi connectivity index (χ2n) is 9.31. The SMILES string of the molecule is CCOCn1c(C(=O)C2=CNCCC2)cnc1C(=O)c1cn(C(=O)OC(C)(C)C)c2ccccc12. The number of benzene rings is 1. The van der Waals surface area contributed by atoms with Crippen molar-refractivity contribution in [1.82, 2.24) is 19.4 Å². The van der Waals surface area contributed by atoms with Crippen LogP contribution < -0.4 is 5.32 Å². The predicted octanol–water partition coefficient (Wildman–Crippen LogP) is 4.30. The summed E-state index contributed by atoms with van der Waals surface area (Å²) in [5.41, 5.74) is 1.05. The third-order valence-corrected chi connectivity index (χ3v) is 5.60. The monoisotopic (exact) mass is 478 g/mol. The minimum atomic E-state index is -0.696. The molecule has 0 saturated carbocycles. The summed E-state index contributed by atoms with van der Waals surface area (Å²) in [5.74, 6) is -0.545. The van der Waals surface area contributed by atoms with Gasteiger partial charge < -0.3 is 14.8 Å². The molecule has 0 saturated heterocycles. The van der Waals surface area contributed by atoms with Gasteiger partial charge in [0.25, 0.3) is 0 Å². The van der Waals surface area contributed by atoms with Gasteiger partial charge in [-0.1, -0.05) is 18.2 Å². The standard InChI is InChI=1S/C26H30N4O5/c1-5-34-16-30-21(22(31)17-9-8-12-27-13-17)14-28-24(30)23(32)19-15-29(25(33)35-26(2,3)4)20-11-7-6-10-18(19)20/h6-7,10-11,13-15,27H,5,8-9,12,16H2,1-4H3. The molecule has 1 aliphatic rings. The van der Waals surface area contributed by atoms with Crippen LogP contribution in [-0.2, 0) is 16.2 Å². The first-order chi connectivity index (χ1) is 16.7. The molecule has 0 amide bonds. The van der Waals surface area contributed by atoms with E-state index in [1.54, 1.807) is 51.2 Å². The third-order valence-electron chi connectivity index (χ3n) is 5.60. The van der Waals surface area contributed by atoms with Crippen LogP contribution in [0.25, 0.3) is 10.9 Å². The Balaban J connectivity index is 1.77. The molecular formula is C26H30N4O5. The highest BCUT2D eigenvalue weighted by molar-refractivity contribution is 6.17. The Labute approximate surface area is 203 Å². The molecule has 3 aromatic rings. The van der Waals surface area contributed by atoms with Gasteiger partial charge in [-0.2, -0.15) is 0 Å². The van der Waals surface area contributed by atoms with Gasteiger partial charge in [-0.05, 0) is 46.6 Å². The normalized spacial score (nSPS) is 13.9. The number of para-hydroxylation sites is 1. The van der Waals surface area contributed by atoms with E-state index in [2.05, 4.69) is 10.3 Å². The highest BCUT2D eigenvalue weighted by atomic mass is 16.6. The Morgan fingerprint density at radius 3 is 2.60 bits per heavy atom. The number of imidazole rings is 1. The number of ketones is 2. The third kappa shape index (κ3) is 5.05. The largest absolute Gasteiger partial charge is 0.443 e. The molecule has 0 bridgehead atoms. The summed E-state index contributed by atoms with van der Waals surface area (Å²) >= 11 is 0. The van der Waals surface area contributed by atoms with Crippen molar-refractivity contribution in [3.8, 4) is 0 Å². The highest BCUT2D eigenvalue weighted by Gasteiger charge is 2.28. The van der Waals surface area contributed by atoms with Crippen LogP contribution in [0.4, 0.5) is 4.79 Å². The Morgan fingerprint density at radius 2 is 1.91 bits per heavy atom. The summed E-state index contributed by atoms with van der Waals surface area (Å²) in [5, 5.41) is 3.68. The molecule has 0 unspecified atom stereocenters. The van der Waals surface area contributed by atoms with Crippen molar-refractivity contribution in [1.29, 1.82) is 0 Å². The van der Waals surface area contributed by atoms with E-state index in [1.165, 1.54) is 21.5 Å². The van der Waals surface area contributed by atoms with E-state index in [1.807, 2.05) is 6.92 Å². The van der Waals surface area contributed by atoms with Gasteiger partial charge in [0.05, 0.1) is 17.3 Å². The number of fused-ring (bicyclic) bond motifs is 1. The number of carbonyl (C=O) groups excluding carboxylic acids is 3. The number of nitrogens with one attached hydrogen (secondary N) is 1. The summed E-state index contributed by atoms with van der Waals surface area (Å²) in [7, 11) is 0. The van der Waals surface area contributed by atoms with Gasteiger partial charge in [0.1, 0.15) is 18.0 Å². The van der Waals surface area contributed by atoms with Crippen LogP contribution in [0, 0.1) is 0 Å². The van der Waals surface area contributed by atoms with Gasteiger partial charge in [0, 0.05) is 36.5 Å².